The number of aromatic hydroxyl groups is 1. The lowest BCUT2D eigenvalue weighted by molar-refractivity contribution is -0.136. The highest BCUT2D eigenvalue weighted by Crippen LogP contribution is 2.39. The molecule has 6 amide bonds. The molecular formula is C48H48FN8O8PS. The number of hydrogen-bond donors (Lipinski definition) is 4. The number of carbonyl (C=O) groups is 6. The lowest BCUT2D eigenvalue weighted by Gasteiger charge is -2.36. The number of halogens is 1. The molecule has 3 atom stereocenters. The number of carbonyl (C=O) groups excluding carboxylic acids is 6. The molecule has 0 saturated carbocycles. The van der Waals surface area contributed by atoms with E-state index >= 15 is 0 Å². The van der Waals surface area contributed by atoms with Gasteiger partial charge >= 0.3 is 0 Å². The van der Waals surface area contributed by atoms with Crippen molar-refractivity contribution in [1.82, 2.24) is 25.0 Å². The summed E-state index contributed by atoms with van der Waals surface area (Å²) in [7, 11) is 0.239. The predicted molar refractivity (Wildman–Crippen MR) is 252 cm³/mol. The molecule has 67 heavy (non-hydrogen) atoms. The van der Waals surface area contributed by atoms with Gasteiger partial charge in [-0.3, -0.25) is 49.2 Å². The Bertz CT molecular complexity index is 2770. The van der Waals surface area contributed by atoms with Gasteiger partial charge in [0.15, 0.2) is 5.13 Å². The standard InChI is InChI=1S/C48H48FN8O8PS/c1-48(2,27-51-36-5-3-4-33-40(36)46(64)57(45(33)63)37-13-15-39(59)52-42(37)60)65-66-22-21-54-17-19-55(20-18-54)32-11-8-28(9-12-32)29-6-7-30-26-56(44(62)34(30)24-29)41(35-25-31(49)10-14-38(35)58)43(61)53-47-50-16-23-67-47/h3-12,14,16,23-25,37,41,51,58,66H,13,15,17-22,26-27H2,1-2H3,(H,50,53,61)(H,52,59,60). The minimum Gasteiger partial charge on any atom is -0.508 e. The van der Waals surface area contributed by atoms with Crippen molar-refractivity contribution in [2.24, 2.45) is 0 Å². The van der Waals surface area contributed by atoms with E-state index in [1.54, 1.807) is 23.6 Å². The summed E-state index contributed by atoms with van der Waals surface area (Å²) in [6, 6.07) is 19.8. The Balaban J connectivity index is 0.747. The first-order valence-electron chi connectivity index (χ1n) is 21.9. The molecule has 0 aliphatic carbocycles. The summed E-state index contributed by atoms with van der Waals surface area (Å²) in [5.74, 6) is -4.16. The summed E-state index contributed by atoms with van der Waals surface area (Å²) in [5.41, 5.74) is 4.29. The molecule has 346 valence electrons. The predicted octanol–water partition coefficient (Wildman–Crippen LogP) is 6.01. The van der Waals surface area contributed by atoms with E-state index in [4.69, 9.17) is 4.52 Å². The molecular weight excluding hydrogens is 899 g/mol. The van der Waals surface area contributed by atoms with Crippen LogP contribution < -0.4 is 20.9 Å². The molecule has 4 aliphatic rings. The van der Waals surface area contributed by atoms with E-state index in [0.717, 1.165) is 72.7 Å². The Kier molecular flexibility index (Phi) is 12.9. The zero-order valence-corrected chi connectivity index (χ0v) is 38.5. The van der Waals surface area contributed by atoms with Crippen LogP contribution in [0, 0.1) is 5.82 Å². The van der Waals surface area contributed by atoms with Crippen molar-refractivity contribution in [3.8, 4) is 16.9 Å². The minimum atomic E-state index is -1.31. The summed E-state index contributed by atoms with van der Waals surface area (Å²) in [6.45, 7) is 8.75. The number of phenols is 1. The first kappa shape index (κ1) is 45.6. The molecule has 0 radical (unpaired) electrons. The first-order chi connectivity index (χ1) is 32.2. The maximum Gasteiger partial charge on any atom is 0.264 e. The third-order valence-corrected chi connectivity index (χ3v) is 14.3. The molecule has 0 bridgehead atoms. The topological polar surface area (TPSA) is 194 Å². The number of nitrogens with zero attached hydrogens (tertiary/aromatic N) is 5. The zero-order chi connectivity index (χ0) is 47.0. The molecule has 4 N–H and O–H groups in total. The summed E-state index contributed by atoms with van der Waals surface area (Å²) in [6.07, 6.45) is 2.53. The number of piperidine rings is 1. The number of anilines is 3. The highest BCUT2D eigenvalue weighted by molar-refractivity contribution is 7.32. The Morgan fingerprint density at radius 1 is 0.955 bits per heavy atom. The number of phenolic OH excluding ortho intramolecular Hbond substituents is 1. The highest BCUT2D eigenvalue weighted by Gasteiger charge is 2.46. The second-order valence-electron chi connectivity index (χ2n) is 17.4. The van der Waals surface area contributed by atoms with Crippen LogP contribution in [-0.2, 0) is 25.5 Å². The first-order valence-corrected chi connectivity index (χ1v) is 23.9. The lowest BCUT2D eigenvalue weighted by atomic mass is 10.00. The second-order valence-corrected chi connectivity index (χ2v) is 19.3. The molecule has 16 nitrogen and oxygen atoms in total. The number of imide groups is 2. The van der Waals surface area contributed by atoms with Crippen molar-refractivity contribution in [1.29, 1.82) is 0 Å². The van der Waals surface area contributed by atoms with Gasteiger partial charge in [-0.15, -0.1) is 11.3 Å². The molecule has 4 aromatic carbocycles. The number of fused-ring (bicyclic) bond motifs is 2. The minimum absolute atomic E-state index is 0.0236. The summed E-state index contributed by atoms with van der Waals surface area (Å²) in [4.78, 5) is 89.7. The van der Waals surface area contributed by atoms with Crippen LogP contribution in [0.25, 0.3) is 11.1 Å². The monoisotopic (exact) mass is 946 g/mol. The van der Waals surface area contributed by atoms with Gasteiger partial charge in [0.05, 0.1) is 16.7 Å². The van der Waals surface area contributed by atoms with Crippen LogP contribution >= 0.6 is 20.1 Å². The van der Waals surface area contributed by atoms with Crippen LogP contribution in [0.1, 0.15) is 74.9 Å². The number of aromatic nitrogens is 1. The van der Waals surface area contributed by atoms with Crippen molar-refractivity contribution in [2.45, 2.75) is 50.9 Å². The van der Waals surface area contributed by atoms with Crippen LogP contribution in [0.4, 0.5) is 20.9 Å². The molecule has 1 aromatic heterocycles. The van der Waals surface area contributed by atoms with Crippen LogP contribution in [0.3, 0.4) is 0 Å². The third-order valence-electron chi connectivity index (χ3n) is 12.4. The maximum absolute atomic E-state index is 14.4. The fourth-order valence-corrected chi connectivity index (χ4v) is 10.4. The van der Waals surface area contributed by atoms with Gasteiger partial charge in [0, 0.05) is 101 Å². The zero-order valence-electron chi connectivity index (χ0n) is 36.7. The van der Waals surface area contributed by atoms with Gasteiger partial charge in [-0.25, -0.2) is 9.37 Å². The van der Waals surface area contributed by atoms with Gasteiger partial charge in [0.2, 0.25) is 11.8 Å². The average Bonchev–Trinajstić information content (AvgIpc) is 4.02. The van der Waals surface area contributed by atoms with Crippen molar-refractivity contribution in [2.75, 3.05) is 61.0 Å². The van der Waals surface area contributed by atoms with Gasteiger partial charge < -0.3 is 24.7 Å². The molecule has 2 fully saturated rings. The number of amides is 6. The number of piperazine rings is 1. The van der Waals surface area contributed by atoms with Crippen molar-refractivity contribution in [3.63, 3.8) is 0 Å². The van der Waals surface area contributed by atoms with E-state index in [9.17, 15) is 38.3 Å². The fraction of sp³-hybridized carbons (Fsp3) is 0.312. The number of thiazole rings is 1. The average molecular weight is 947 g/mol. The summed E-state index contributed by atoms with van der Waals surface area (Å²) < 4.78 is 20.8. The number of benzene rings is 4. The van der Waals surface area contributed by atoms with Crippen molar-refractivity contribution in [3.05, 3.63) is 124 Å². The highest BCUT2D eigenvalue weighted by atomic mass is 32.1. The smallest absolute Gasteiger partial charge is 0.264 e. The number of nitrogens with one attached hydrogen (secondary N) is 3. The van der Waals surface area contributed by atoms with Crippen LogP contribution in [-0.4, -0.2) is 117 Å². The Morgan fingerprint density at radius 3 is 2.48 bits per heavy atom. The molecule has 2 saturated heterocycles. The number of rotatable bonds is 15. The molecule has 3 unspecified atom stereocenters. The normalized spacial score (nSPS) is 18.2. The van der Waals surface area contributed by atoms with Gasteiger partial charge in [-0.2, -0.15) is 0 Å². The molecule has 19 heteroatoms. The van der Waals surface area contributed by atoms with E-state index < -0.39 is 58.9 Å². The second kappa shape index (κ2) is 19.0. The number of hydrogen-bond acceptors (Lipinski definition) is 13. The van der Waals surface area contributed by atoms with Gasteiger partial charge in [0.25, 0.3) is 23.6 Å². The largest absolute Gasteiger partial charge is 0.508 e. The summed E-state index contributed by atoms with van der Waals surface area (Å²) in [5, 5.41) is 20.9. The van der Waals surface area contributed by atoms with E-state index in [-0.39, 0.29) is 50.6 Å². The van der Waals surface area contributed by atoms with Crippen molar-refractivity contribution < 1.29 is 42.8 Å². The Hall–Kier alpha value is -6.59. The quantitative estimate of drug-likeness (QED) is 0.0543. The molecule has 4 aliphatic heterocycles. The van der Waals surface area contributed by atoms with Crippen LogP contribution in [0.5, 0.6) is 5.75 Å². The third kappa shape index (κ3) is 9.52. The summed E-state index contributed by atoms with van der Waals surface area (Å²) >= 11 is 1.20. The fourth-order valence-electron chi connectivity index (χ4n) is 8.92. The SMILES string of the molecule is CC(C)(CNc1cccc2c1C(=O)N(C1CCC(=O)NC1=O)C2=O)OPCCN1CCN(c2ccc(-c3ccc4c(c3)C(=O)N(C(C(=O)Nc3nccs3)c3cc(F)ccc3O)C4)cc2)CC1. The van der Waals surface area contributed by atoms with Gasteiger partial charge in [-0.05, 0) is 85.5 Å². The Morgan fingerprint density at radius 2 is 1.73 bits per heavy atom. The van der Waals surface area contributed by atoms with Crippen LogP contribution in [0.2, 0.25) is 0 Å². The molecule has 5 aromatic rings. The van der Waals surface area contributed by atoms with E-state index in [1.165, 1.54) is 28.5 Å². The lowest BCUT2D eigenvalue weighted by Crippen LogP contribution is -2.54. The van der Waals surface area contributed by atoms with Gasteiger partial charge in [-0.1, -0.05) is 30.3 Å². The van der Waals surface area contributed by atoms with Crippen molar-refractivity contribution >= 4 is 72.1 Å². The maximum atomic E-state index is 14.4. The molecule has 0 spiro atoms. The van der Waals surface area contributed by atoms with Gasteiger partial charge in [0.1, 0.15) is 23.7 Å². The van der Waals surface area contributed by atoms with E-state index in [1.807, 2.05) is 44.2 Å². The molecule has 9 rings (SSSR count). The molecule has 5 heterocycles. The van der Waals surface area contributed by atoms with Crippen LogP contribution in [0.15, 0.2) is 90.4 Å². The van der Waals surface area contributed by atoms with E-state index in [0.29, 0.717) is 28.5 Å². The Labute approximate surface area is 391 Å². The van der Waals surface area contributed by atoms with E-state index in [2.05, 4.69) is 42.9 Å².